The van der Waals surface area contributed by atoms with Crippen molar-refractivity contribution in [1.29, 1.82) is 0 Å². The Hall–Kier alpha value is -2.25. The number of nitrogens with one attached hydrogen (secondary N) is 2. The van der Waals surface area contributed by atoms with Gasteiger partial charge in [-0.1, -0.05) is 12.1 Å². The third-order valence-corrected chi connectivity index (χ3v) is 5.03. The van der Waals surface area contributed by atoms with Crippen molar-refractivity contribution in [3.05, 3.63) is 40.4 Å². The van der Waals surface area contributed by atoms with Gasteiger partial charge in [-0.3, -0.25) is 9.59 Å². The van der Waals surface area contributed by atoms with Crippen LogP contribution in [0.25, 0.3) is 10.9 Å². The number of aromatic nitrogens is 2. The summed E-state index contributed by atoms with van der Waals surface area (Å²) < 4.78 is 0. The molecule has 2 aromatic rings. The maximum atomic E-state index is 12.1. The number of carbonyl (C=O) groups excluding carboxylic acids is 1. The lowest BCUT2D eigenvalue weighted by atomic mass is 10.2. The molecule has 2 heterocycles. The van der Waals surface area contributed by atoms with E-state index < -0.39 is 0 Å². The molecule has 0 aliphatic carbocycles. The second-order valence-corrected chi connectivity index (χ2v) is 7.07. The number of nitrogens with zero attached hydrogens (tertiary/aromatic N) is 3. The Bertz CT molecular complexity index is 819. The van der Waals surface area contributed by atoms with Crippen LogP contribution in [0.1, 0.15) is 18.7 Å². The number of hydrogen-bond donors (Lipinski definition) is 2. The van der Waals surface area contributed by atoms with Crippen LogP contribution in [0, 0.1) is 0 Å². The smallest absolute Gasteiger partial charge is 0.258 e. The lowest BCUT2D eigenvalue weighted by molar-refractivity contribution is -0.121. The number of carbonyl (C=O) groups is 1. The highest BCUT2D eigenvalue weighted by molar-refractivity contribution is 5.77. The zero-order valence-corrected chi connectivity index (χ0v) is 15.5. The van der Waals surface area contributed by atoms with Crippen molar-refractivity contribution in [2.24, 2.45) is 0 Å². The molecule has 1 saturated heterocycles. The maximum absolute atomic E-state index is 12.1. The molecule has 1 aliphatic heterocycles. The summed E-state index contributed by atoms with van der Waals surface area (Å²) in [4.78, 5) is 35.9. The molecule has 1 atom stereocenters. The molecule has 7 heteroatoms. The van der Waals surface area contributed by atoms with E-state index in [1.54, 1.807) is 6.07 Å². The van der Waals surface area contributed by atoms with Crippen molar-refractivity contribution in [3.63, 3.8) is 0 Å². The average molecular weight is 357 g/mol. The molecule has 1 aromatic heterocycles. The van der Waals surface area contributed by atoms with Crippen LogP contribution in [0.3, 0.4) is 0 Å². The Kier molecular flexibility index (Phi) is 6.00. The van der Waals surface area contributed by atoms with E-state index in [1.807, 2.05) is 18.2 Å². The molecular weight excluding hydrogens is 330 g/mol. The Morgan fingerprint density at radius 1 is 1.42 bits per heavy atom. The highest BCUT2D eigenvalue weighted by atomic mass is 16.1. The van der Waals surface area contributed by atoms with E-state index in [1.165, 1.54) is 0 Å². The molecular formula is C19H27N5O2. The van der Waals surface area contributed by atoms with E-state index >= 15 is 0 Å². The summed E-state index contributed by atoms with van der Waals surface area (Å²) in [5, 5.41) is 3.50. The van der Waals surface area contributed by atoms with E-state index in [0.29, 0.717) is 42.2 Å². The zero-order valence-electron chi connectivity index (χ0n) is 15.5. The summed E-state index contributed by atoms with van der Waals surface area (Å²) in [7, 11) is 4.21. The summed E-state index contributed by atoms with van der Waals surface area (Å²) in [6, 6.07) is 7.80. The third-order valence-electron chi connectivity index (χ3n) is 5.03. The first-order valence-corrected chi connectivity index (χ1v) is 9.16. The Balaban J connectivity index is 1.43. The summed E-state index contributed by atoms with van der Waals surface area (Å²) in [6.07, 6.45) is 2.16. The molecule has 1 aliphatic rings. The predicted octanol–water partition coefficient (Wildman–Crippen LogP) is 0.608. The minimum Gasteiger partial charge on any atom is -0.356 e. The summed E-state index contributed by atoms with van der Waals surface area (Å²) >= 11 is 0. The topological polar surface area (TPSA) is 81.3 Å². The standard InChI is InChI=1S/C19H27N5O2/c1-23-11-8-14(13-23)24(2)12-9-18(25)20-10-7-17-21-16-6-4-3-5-15(16)19(26)22-17/h3-6,14H,7-13H2,1-2H3,(H,20,25)(H,21,22,26). The first-order valence-electron chi connectivity index (χ1n) is 9.16. The van der Waals surface area contributed by atoms with E-state index in [0.717, 1.165) is 26.1 Å². The monoisotopic (exact) mass is 357 g/mol. The van der Waals surface area contributed by atoms with Gasteiger partial charge in [-0.15, -0.1) is 0 Å². The summed E-state index contributed by atoms with van der Waals surface area (Å²) in [6.45, 7) is 3.42. The Morgan fingerprint density at radius 3 is 3.00 bits per heavy atom. The van der Waals surface area contributed by atoms with Crippen LogP contribution in [0.5, 0.6) is 0 Å². The molecule has 1 unspecified atom stereocenters. The quantitative estimate of drug-likeness (QED) is 0.759. The predicted molar refractivity (Wildman–Crippen MR) is 102 cm³/mol. The van der Waals surface area contributed by atoms with Crippen molar-refractivity contribution in [2.75, 3.05) is 40.3 Å². The number of likely N-dealkylation sites (N-methyl/N-ethyl adjacent to an activating group) is 2. The fraction of sp³-hybridized carbons (Fsp3) is 0.526. The molecule has 3 rings (SSSR count). The van der Waals surface area contributed by atoms with E-state index in [9.17, 15) is 9.59 Å². The fourth-order valence-corrected chi connectivity index (χ4v) is 3.39. The van der Waals surface area contributed by atoms with Gasteiger partial charge in [-0.2, -0.15) is 0 Å². The van der Waals surface area contributed by atoms with Crippen LogP contribution in [-0.4, -0.2) is 72.0 Å². The number of amides is 1. The second kappa shape index (κ2) is 8.42. The van der Waals surface area contributed by atoms with Gasteiger partial charge in [0.2, 0.25) is 5.91 Å². The Labute approximate surface area is 153 Å². The number of rotatable bonds is 7. The maximum Gasteiger partial charge on any atom is 0.258 e. The van der Waals surface area contributed by atoms with E-state index in [4.69, 9.17) is 0 Å². The van der Waals surface area contributed by atoms with E-state index in [-0.39, 0.29) is 11.5 Å². The van der Waals surface area contributed by atoms with Crippen LogP contribution in [0.4, 0.5) is 0 Å². The SMILES string of the molecule is CN1CCC(N(C)CCC(=O)NCCc2nc3ccccc3c(=O)[nH]2)C1. The van der Waals surface area contributed by atoms with Crippen LogP contribution >= 0.6 is 0 Å². The molecule has 26 heavy (non-hydrogen) atoms. The average Bonchev–Trinajstić information content (AvgIpc) is 3.06. The number of hydrogen-bond acceptors (Lipinski definition) is 5. The van der Waals surface area contributed by atoms with Crippen molar-refractivity contribution in [3.8, 4) is 0 Å². The number of fused-ring (bicyclic) bond motifs is 1. The van der Waals surface area contributed by atoms with Crippen LogP contribution in [-0.2, 0) is 11.2 Å². The van der Waals surface area contributed by atoms with Crippen molar-refractivity contribution in [1.82, 2.24) is 25.1 Å². The van der Waals surface area contributed by atoms with E-state index in [2.05, 4.69) is 39.2 Å². The van der Waals surface area contributed by atoms with Crippen molar-refractivity contribution < 1.29 is 4.79 Å². The molecule has 140 valence electrons. The van der Waals surface area contributed by atoms with Crippen LogP contribution in [0.2, 0.25) is 0 Å². The lowest BCUT2D eigenvalue weighted by Crippen LogP contribution is -2.37. The van der Waals surface area contributed by atoms with Gasteiger partial charge in [-0.05, 0) is 39.2 Å². The lowest BCUT2D eigenvalue weighted by Gasteiger charge is -2.23. The largest absolute Gasteiger partial charge is 0.356 e. The van der Waals surface area contributed by atoms with Crippen LogP contribution < -0.4 is 10.9 Å². The molecule has 2 N–H and O–H groups in total. The summed E-state index contributed by atoms with van der Waals surface area (Å²) in [5.74, 6) is 0.631. The van der Waals surface area contributed by atoms with Gasteiger partial charge in [-0.25, -0.2) is 4.98 Å². The van der Waals surface area contributed by atoms with Crippen molar-refractivity contribution in [2.45, 2.75) is 25.3 Å². The number of aromatic amines is 1. The molecule has 0 bridgehead atoms. The summed E-state index contributed by atoms with van der Waals surface area (Å²) in [5.41, 5.74) is 0.542. The number of para-hydroxylation sites is 1. The molecule has 1 fully saturated rings. The third kappa shape index (κ3) is 4.68. The Morgan fingerprint density at radius 2 is 2.23 bits per heavy atom. The number of H-pyrrole nitrogens is 1. The second-order valence-electron chi connectivity index (χ2n) is 7.07. The van der Waals surface area contributed by atoms with Crippen LogP contribution in [0.15, 0.2) is 29.1 Å². The number of likely N-dealkylation sites (tertiary alicyclic amines) is 1. The van der Waals surface area contributed by atoms with Gasteiger partial charge in [0.1, 0.15) is 5.82 Å². The highest BCUT2D eigenvalue weighted by Gasteiger charge is 2.23. The van der Waals surface area contributed by atoms with Gasteiger partial charge in [0, 0.05) is 38.5 Å². The van der Waals surface area contributed by atoms with Gasteiger partial charge in [0.25, 0.3) is 5.56 Å². The normalized spacial score (nSPS) is 17.9. The fourth-order valence-electron chi connectivity index (χ4n) is 3.39. The first-order chi connectivity index (χ1) is 12.5. The molecule has 0 radical (unpaired) electrons. The van der Waals surface area contributed by atoms with Gasteiger partial charge >= 0.3 is 0 Å². The van der Waals surface area contributed by atoms with Gasteiger partial charge in [0.15, 0.2) is 0 Å². The van der Waals surface area contributed by atoms with Crippen molar-refractivity contribution >= 4 is 16.8 Å². The minimum absolute atomic E-state index is 0.0336. The van der Waals surface area contributed by atoms with Gasteiger partial charge in [0.05, 0.1) is 10.9 Å². The molecule has 1 amide bonds. The molecule has 0 spiro atoms. The first kappa shape index (κ1) is 18.5. The molecule has 0 saturated carbocycles. The van der Waals surface area contributed by atoms with Gasteiger partial charge < -0.3 is 20.1 Å². The molecule has 1 aromatic carbocycles. The minimum atomic E-state index is -0.139. The zero-order chi connectivity index (χ0) is 18.5. The highest BCUT2D eigenvalue weighted by Crippen LogP contribution is 2.12. The molecule has 7 nitrogen and oxygen atoms in total. The number of benzene rings is 1.